The number of nitrogens with one attached hydrogen (secondary N) is 1. The van der Waals surface area contributed by atoms with Crippen LogP contribution >= 0.6 is 35.6 Å². The lowest BCUT2D eigenvalue weighted by Crippen LogP contribution is -2.17. The molecular formula is C23H23Cl3FNO2. The molecule has 0 saturated carbocycles. The van der Waals surface area contributed by atoms with Crippen molar-refractivity contribution in [3.8, 4) is 11.5 Å². The SMILES string of the molecule is COc1cccc(CNCCc2ccc(Cl)cc2Cl)c1OCc1ccc(F)cc1.Cl. The standard InChI is InChI=1S/C23H22Cl2FNO2.ClH/c1-28-22-4-2-3-18(23(22)29-15-16-5-9-20(26)10-6-16)14-27-12-11-17-7-8-19(24)13-21(17)25;/h2-10,13,27H,11-12,14-15H2,1H3;1H. The Morgan fingerprint density at radius 3 is 2.43 bits per heavy atom. The minimum absolute atomic E-state index is 0. The van der Waals surface area contributed by atoms with E-state index in [1.807, 2.05) is 30.3 Å². The lowest BCUT2D eigenvalue weighted by atomic mass is 10.1. The quantitative estimate of drug-likeness (QED) is 0.363. The Morgan fingerprint density at radius 1 is 0.967 bits per heavy atom. The Hall–Kier alpha value is -1.98. The molecular weight excluding hydrogens is 448 g/mol. The molecule has 0 aliphatic carbocycles. The van der Waals surface area contributed by atoms with Gasteiger partial charge in [-0.15, -0.1) is 12.4 Å². The Balaban J connectivity index is 0.00000320. The molecule has 0 bridgehead atoms. The van der Waals surface area contributed by atoms with Crippen molar-refractivity contribution in [2.75, 3.05) is 13.7 Å². The van der Waals surface area contributed by atoms with Crippen molar-refractivity contribution < 1.29 is 13.9 Å². The topological polar surface area (TPSA) is 30.5 Å². The van der Waals surface area contributed by atoms with E-state index in [4.69, 9.17) is 32.7 Å². The third-order valence-electron chi connectivity index (χ3n) is 4.48. The summed E-state index contributed by atoms with van der Waals surface area (Å²) in [5, 5.41) is 4.71. The van der Waals surface area contributed by atoms with Crippen LogP contribution in [0.5, 0.6) is 11.5 Å². The highest BCUT2D eigenvalue weighted by Crippen LogP contribution is 2.32. The average molecular weight is 471 g/mol. The van der Waals surface area contributed by atoms with Crippen LogP contribution in [-0.2, 0) is 19.6 Å². The molecule has 0 unspecified atom stereocenters. The first-order chi connectivity index (χ1) is 14.1. The molecule has 0 aliphatic rings. The number of para-hydroxylation sites is 1. The van der Waals surface area contributed by atoms with Crippen LogP contribution in [-0.4, -0.2) is 13.7 Å². The van der Waals surface area contributed by atoms with Crippen LogP contribution in [0.4, 0.5) is 4.39 Å². The molecule has 0 aromatic heterocycles. The van der Waals surface area contributed by atoms with Crippen molar-refractivity contribution in [2.24, 2.45) is 0 Å². The number of hydrogen-bond donors (Lipinski definition) is 1. The molecule has 3 nitrogen and oxygen atoms in total. The monoisotopic (exact) mass is 469 g/mol. The molecule has 0 spiro atoms. The molecule has 30 heavy (non-hydrogen) atoms. The van der Waals surface area contributed by atoms with Crippen LogP contribution < -0.4 is 14.8 Å². The highest BCUT2D eigenvalue weighted by atomic mass is 35.5. The van der Waals surface area contributed by atoms with Crippen molar-refractivity contribution >= 4 is 35.6 Å². The number of ether oxygens (including phenoxy) is 2. The normalized spacial score (nSPS) is 10.4. The van der Waals surface area contributed by atoms with Crippen LogP contribution in [0, 0.1) is 5.82 Å². The van der Waals surface area contributed by atoms with Crippen LogP contribution in [0.1, 0.15) is 16.7 Å². The lowest BCUT2D eigenvalue weighted by molar-refractivity contribution is 0.280. The minimum Gasteiger partial charge on any atom is -0.493 e. The zero-order valence-corrected chi connectivity index (χ0v) is 18.8. The van der Waals surface area contributed by atoms with Crippen molar-refractivity contribution in [1.29, 1.82) is 0 Å². The first-order valence-corrected chi connectivity index (χ1v) is 10.00. The molecule has 160 valence electrons. The molecule has 1 N–H and O–H groups in total. The maximum absolute atomic E-state index is 13.1. The number of halogens is 4. The van der Waals surface area contributed by atoms with Gasteiger partial charge in [0.1, 0.15) is 12.4 Å². The van der Waals surface area contributed by atoms with E-state index in [1.165, 1.54) is 12.1 Å². The predicted octanol–water partition coefficient (Wildman–Crippen LogP) is 6.47. The molecule has 0 saturated heterocycles. The maximum atomic E-state index is 13.1. The third-order valence-corrected chi connectivity index (χ3v) is 5.07. The van der Waals surface area contributed by atoms with E-state index < -0.39 is 0 Å². The largest absolute Gasteiger partial charge is 0.493 e. The van der Waals surface area contributed by atoms with Gasteiger partial charge in [-0.25, -0.2) is 4.39 Å². The van der Waals surface area contributed by atoms with Gasteiger partial charge in [-0.1, -0.05) is 53.5 Å². The summed E-state index contributed by atoms with van der Waals surface area (Å²) in [5.41, 5.74) is 2.91. The second-order valence-corrected chi connectivity index (χ2v) is 7.37. The summed E-state index contributed by atoms with van der Waals surface area (Å²) in [6.07, 6.45) is 0.783. The highest BCUT2D eigenvalue weighted by Gasteiger charge is 2.11. The van der Waals surface area contributed by atoms with E-state index >= 15 is 0 Å². The van der Waals surface area contributed by atoms with Gasteiger partial charge < -0.3 is 14.8 Å². The summed E-state index contributed by atoms with van der Waals surface area (Å²) in [7, 11) is 1.61. The van der Waals surface area contributed by atoms with Crippen molar-refractivity contribution in [3.63, 3.8) is 0 Å². The van der Waals surface area contributed by atoms with E-state index in [1.54, 1.807) is 25.3 Å². The summed E-state index contributed by atoms with van der Waals surface area (Å²) in [5.74, 6) is 1.07. The van der Waals surface area contributed by atoms with E-state index in [0.29, 0.717) is 34.7 Å². The van der Waals surface area contributed by atoms with Crippen molar-refractivity contribution in [3.05, 3.63) is 93.2 Å². The lowest BCUT2D eigenvalue weighted by Gasteiger charge is -2.16. The Labute approximate surface area is 192 Å². The van der Waals surface area contributed by atoms with E-state index in [-0.39, 0.29) is 18.2 Å². The first-order valence-electron chi connectivity index (χ1n) is 9.24. The fraction of sp³-hybridized carbons (Fsp3) is 0.217. The maximum Gasteiger partial charge on any atom is 0.166 e. The van der Waals surface area contributed by atoms with Gasteiger partial charge in [0.25, 0.3) is 0 Å². The van der Waals surface area contributed by atoms with Gasteiger partial charge in [0.05, 0.1) is 7.11 Å². The molecule has 3 rings (SSSR count). The van der Waals surface area contributed by atoms with Gasteiger partial charge in [0.2, 0.25) is 0 Å². The van der Waals surface area contributed by atoms with E-state index in [2.05, 4.69) is 5.32 Å². The fourth-order valence-electron chi connectivity index (χ4n) is 2.93. The van der Waals surface area contributed by atoms with Gasteiger partial charge in [-0.05, 0) is 54.4 Å². The smallest absolute Gasteiger partial charge is 0.166 e. The van der Waals surface area contributed by atoms with Crippen LogP contribution in [0.2, 0.25) is 10.0 Å². The van der Waals surface area contributed by atoms with E-state index in [0.717, 1.165) is 29.7 Å². The Morgan fingerprint density at radius 2 is 1.73 bits per heavy atom. The molecule has 0 aliphatic heterocycles. The summed E-state index contributed by atoms with van der Waals surface area (Å²) in [6, 6.07) is 17.6. The number of hydrogen-bond acceptors (Lipinski definition) is 3. The van der Waals surface area contributed by atoms with Crippen molar-refractivity contribution in [1.82, 2.24) is 5.32 Å². The molecule has 3 aromatic rings. The number of benzene rings is 3. The summed E-state index contributed by atoms with van der Waals surface area (Å²) in [4.78, 5) is 0. The Kier molecular flexibility index (Phi) is 9.73. The highest BCUT2D eigenvalue weighted by molar-refractivity contribution is 6.35. The summed E-state index contributed by atoms with van der Waals surface area (Å²) < 4.78 is 24.6. The molecule has 0 fully saturated rings. The molecule has 0 atom stereocenters. The average Bonchev–Trinajstić information content (AvgIpc) is 2.72. The van der Waals surface area contributed by atoms with Gasteiger partial charge in [-0.3, -0.25) is 0 Å². The first kappa shape index (κ1) is 24.3. The predicted molar refractivity (Wildman–Crippen MR) is 123 cm³/mol. The van der Waals surface area contributed by atoms with Crippen molar-refractivity contribution in [2.45, 2.75) is 19.6 Å². The van der Waals surface area contributed by atoms with Gasteiger partial charge in [0.15, 0.2) is 11.5 Å². The van der Waals surface area contributed by atoms with E-state index in [9.17, 15) is 4.39 Å². The third kappa shape index (κ3) is 6.78. The summed E-state index contributed by atoms with van der Waals surface area (Å²) >= 11 is 12.2. The van der Waals surface area contributed by atoms with Crippen LogP contribution in [0.25, 0.3) is 0 Å². The summed E-state index contributed by atoms with van der Waals surface area (Å²) in [6.45, 7) is 1.69. The number of methoxy groups -OCH3 is 1. The molecule has 7 heteroatoms. The second kappa shape index (κ2) is 12.0. The molecule has 0 heterocycles. The number of rotatable bonds is 9. The van der Waals surface area contributed by atoms with Crippen LogP contribution in [0.3, 0.4) is 0 Å². The molecule has 0 amide bonds. The fourth-order valence-corrected chi connectivity index (χ4v) is 3.43. The van der Waals surface area contributed by atoms with Gasteiger partial charge >= 0.3 is 0 Å². The van der Waals surface area contributed by atoms with Gasteiger partial charge in [0, 0.05) is 22.2 Å². The Bertz CT molecular complexity index is 952. The molecule has 0 radical (unpaired) electrons. The van der Waals surface area contributed by atoms with Gasteiger partial charge in [-0.2, -0.15) is 0 Å². The van der Waals surface area contributed by atoms with Crippen LogP contribution in [0.15, 0.2) is 60.7 Å². The zero-order valence-electron chi connectivity index (χ0n) is 16.5. The molecule has 3 aromatic carbocycles. The minimum atomic E-state index is -0.267. The second-order valence-electron chi connectivity index (χ2n) is 6.53. The zero-order chi connectivity index (χ0) is 20.6.